The molecule has 2 aromatic carbocycles. The molecule has 8 heteroatoms. The lowest BCUT2D eigenvalue weighted by molar-refractivity contribution is -0.117. The summed E-state index contributed by atoms with van der Waals surface area (Å²) in [5, 5.41) is 0.852. The molecule has 0 saturated carbocycles. The van der Waals surface area contributed by atoms with Crippen LogP contribution in [0.1, 0.15) is 28.9 Å². The van der Waals surface area contributed by atoms with Gasteiger partial charge in [0.15, 0.2) is 0 Å². The molecule has 0 unspecified atom stereocenters. The molecule has 0 radical (unpaired) electrons. The number of fused-ring (bicyclic) bond motifs is 2. The summed E-state index contributed by atoms with van der Waals surface area (Å²) in [6.45, 7) is 3.69. The zero-order valence-corrected chi connectivity index (χ0v) is 22.1. The number of ether oxygens (including phenoxy) is 1. The van der Waals surface area contributed by atoms with E-state index in [9.17, 15) is 9.59 Å². The van der Waals surface area contributed by atoms with E-state index in [2.05, 4.69) is 21.0 Å². The summed E-state index contributed by atoms with van der Waals surface area (Å²) in [6, 6.07) is 19.8. The number of carbonyl (C=O) groups excluding carboxylic acids is 2. The van der Waals surface area contributed by atoms with Gasteiger partial charge >= 0.3 is 0 Å². The minimum atomic E-state index is -0.123. The summed E-state index contributed by atoms with van der Waals surface area (Å²) < 4.78 is 5.77. The Morgan fingerprint density at radius 3 is 2.62 bits per heavy atom. The van der Waals surface area contributed by atoms with E-state index in [1.54, 1.807) is 11.1 Å². The lowest BCUT2D eigenvalue weighted by Crippen LogP contribution is -2.38. The zero-order valence-electron chi connectivity index (χ0n) is 22.1. The third-order valence-corrected chi connectivity index (χ3v) is 7.62. The molecule has 0 atom stereocenters. The Morgan fingerprint density at radius 1 is 0.950 bits per heavy atom. The van der Waals surface area contributed by atoms with Crippen LogP contribution in [0.4, 0.5) is 11.4 Å². The first-order valence-corrected chi connectivity index (χ1v) is 13.4. The largest absolute Gasteiger partial charge is 0.490 e. The molecule has 1 fully saturated rings. The molecule has 5 heterocycles. The average molecular weight is 530 g/mol. The maximum Gasteiger partial charge on any atom is 0.274 e. The lowest BCUT2D eigenvalue weighted by Gasteiger charge is -2.29. The number of H-pyrrole nitrogens is 1. The number of aromatic nitrogens is 3. The summed E-state index contributed by atoms with van der Waals surface area (Å²) >= 11 is 0. The van der Waals surface area contributed by atoms with Gasteiger partial charge in [-0.25, -0.2) is 4.98 Å². The van der Waals surface area contributed by atoms with Crippen molar-refractivity contribution in [1.29, 1.82) is 0 Å². The number of nitrogens with one attached hydrogen (secondary N) is 1. The van der Waals surface area contributed by atoms with Crippen molar-refractivity contribution in [2.24, 2.45) is 0 Å². The summed E-state index contributed by atoms with van der Waals surface area (Å²) in [4.78, 5) is 41.6. The second-order valence-corrected chi connectivity index (χ2v) is 10.2. The van der Waals surface area contributed by atoms with E-state index in [-0.39, 0.29) is 11.8 Å². The van der Waals surface area contributed by atoms with Crippen molar-refractivity contribution in [3.05, 3.63) is 90.5 Å². The second-order valence-electron chi connectivity index (χ2n) is 10.2. The van der Waals surface area contributed by atoms with Crippen LogP contribution in [0.5, 0.6) is 5.75 Å². The maximum absolute atomic E-state index is 13.6. The first-order chi connectivity index (χ1) is 19.5. The lowest BCUT2D eigenvalue weighted by atomic mass is 10.0. The van der Waals surface area contributed by atoms with Gasteiger partial charge < -0.3 is 19.5 Å². The Balaban J connectivity index is 1.21. The van der Waals surface area contributed by atoms with Gasteiger partial charge in [0.2, 0.25) is 5.91 Å². The smallest absolute Gasteiger partial charge is 0.274 e. The highest BCUT2D eigenvalue weighted by Gasteiger charge is 2.27. The molecule has 2 amide bonds. The maximum atomic E-state index is 13.6. The van der Waals surface area contributed by atoms with E-state index < -0.39 is 0 Å². The number of carbonyl (C=O) groups is 2. The van der Waals surface area contributed by atoms with E-state index in [0.29, 0.717) is 36.7 Å². The van der Waals surface area contributed by atoms with Gasteiger partial charge in [0.05, 0.1) is 12.2 Å². The molecule has 0 bridgehead atoms. The average Bonchev–Trinajstić information content (AvgIpc) is 3.63. The fraction of sp³-hybridized carbons (Fsp3) is 0.188. The summed E-state index contributed by atoms with van der Waals surface area (Å²) in [7, 11) is 0. The van der Waals surface area contributed by atoms with E-state index in [4.69, 9.17) is 4.74 Å². The summed E-state index contributed by atoms with van der Waals surface area (Å²) in [5.41, 5.74) is 7.73. The van der Waals surface area contributed by atoms with Crippen LogP contribution >= 0.6 is 0 Å². The number of hydrogen-bond donors (Lipinski definition) is 1. The first kappa shape index (κ1) is 24.1. The highest BCUT2D eigenvalue weighted by Crippen LogP contribution is 2.35. The Bertz CT molecular complexity index is 1780. The Hall–Kier alpha value is -4.98. The Kier molecular flexibility index (Phi) is 5.81. The predicted octanol–water partition coefficient (Wildman–Crippen LogP) is 5.77. The van der Waals surface area contributed by atoms with Crippen molar-refractivity contribution in [2.75, 3.05) is 29.5 Å². The predicted molar refractivity (Wildman–Crippen MR) is 155 cm³/mol. The Morgan fingerprint density at radius 2 is 1.80 bits per heavy atom. The van der Waals surface area contributed by atoms with Crippen LogP contribution in [0.2, 0.25) is 0 Å². The molecule has 0 spiro atoms. The number of amides is 2. The van der Waals surface area contributed by atoms with Gasteiger partial charge in [-0.3, -0.25) is 14.6 Å². The molecular weight excluding hydrogens is 502 g/mol. The number of anilines is 2. The Labute approximate surface area is 231 Å². The molecule has 5 aromatic rings. The van der Waals surface area contributed by atoms with Gasteiger partial charge in [-0.1, -0.05) is 18.2 Å². The number of aromatic amines is 1. The topological polar surface area (TPSA) is 91.4 Å². The molecule has 1 saturated heterocycles. The van der Waals surface area contributed by atoms with Crippen LogP contribution < -0.4 is 14.5 Å². The van der Waals surface area contributed by atoms with Gasteiger partial charge in [0, 0.05) is 53.8 Å². The quantitative estimate of drug-likeness (QED) is 0.319. The van der Waals surface area contributed by atoms with E-state index in [1.165, 1.54) is 0 Å². The molecule has 0 aliphatic carbocycles. The number of benzene rings is 2. The normalized spacial score (nSPS) is 14.9. The van der Waals surface area contributed by atoms with Crippen molar-refractivity contribution >= 4 is 34.2 Å². The van der Waals surface area contributed by atoms with Gasteiger partial charge in [-0.15, -0.1) is 0 Å². The first-order valence-electron chi connectivity index (χ1n) is 13.4. The fourth-order valence-electron chi connectivity index (χ4n) is 5.58. The molecule has 40 heavy (non-hydrogen) atoms. The van der Waals surface area contributed by atoms with Gasteiger partial charge in [-0.05, 0) is 72.5 Å². The van der Waals surface area contributed by atoms with E-state index >= 15 is 0 Å². The number of nitrogens with zero attached hydrogens (tertiary/aromatic N) is 4. The fourth-order valence-corrected chi connectivity index (χ4v) is 5.58. The van der Waals surface area contributed by atoms with Gasteiger partial charge in [0.1, 0.15) is 23.7 Å². The minimum absolute atomic E-state index is 0.123. The van der Waals surface area contributed by atoms with Crippen molar-refractivity contribution in [1.82, 2.24) is 15.0 Å². The highest BCUT2D eigenvalue weighted by atomic mass is 16.5. The van der Waals surface area contributed by atoms with Crippen LogP contribution in [-0.2, 0) is 4.79 Å². The zero-order chi connectivity index (χ0) is 27.2. The third-order valence-electron chi connectivity index (χ3n) is 7.62. The number of pyridine rings is 2. The standard InChI is InChI=1S/C32H27N5O3/c1-20-4-9-29-28(15-20)37(13-14-40-29)32(39)27-17-26-25(10-11-34-31(26)35-27)23-16-22(18-33-19-23)21-5-7-24(8-6-21)36-12-2-3-30(36)38/h4-11,15-19H,2-3,12-14H2,1H3,(H,34,35). The van der Waals surface area contributed by atoms with Gasteiger partial charge in [0.25, 0.3) is 5.91 Å². The number of hydrogen-bond acceptors (Lipinski definition) is 5. The summed E-state index contributed by atoms with van der Waals surface area (Å²) in [6.07, 6.45) is 6.91. The summed E-state index contributed by atoms with van der Waals surface area (Å²) in [5.74, 6) is 0.765. The molecule has 3 aromatic heterocycles. The van der Waals surface area contributed by atoms with Crippen molar-refractivity contribution in [2.45, 2.75) is 19.8 Å². The van der Waals surface area contributed by atoms with Gasteiger partial charge in [-0.2, -0.15) is 0 Å². The molecule has 198 valence electrons. The molecular formula is C32H27N5O3. The number of rotatable bonds is 4. The second kappa shape index (κ2) is 9.64. The van der Waals surface area contributed by atoms with Crippen LogP contribution in [-0.4, -0.2) is 46.5 Å². The monoisotopic (exact) mass is 529 g/mol. The van der Waals surface area contributed by atoms with Crippen LogP contribution in [0, 0.1) is 6.92 Å². The van der Waals surface area contributed by atoms with E-state index in [1.807, 2.05) is 78.8 Å². The van der Waals surface area contributed by atoms with Crippen LogP contribution in [0.3, 0.4) is 0 Å². The molecule has 2 aliphatic rings. The van der Waals surface area contributed by atoms with E-state index in [0.717, 1.165) is 57.5 Å². The van der Waals surface area contributed by atoms with Crippen LogP contribution in [0.25, 0.3) is 33.3 Å². The molecule has 2 aliphatic heterocycles. The third kappa shape index (κ3) is 4.18. The SMILES string of the molecule is Cc1ccc2c(c1)N(C(=O)c1cc3c(-c4cncc(-c5ccc(N6CCCC6=O)cc5)c4)ccnc3[nH]1)CCO2. The molecule has 8 nitrogen and oxygen atoms in total. The molecule has 1 N–H and O–H groups in total. The van der Waals surface area contributed by atoms with Crippen molar-refractivity contribution in [3.63, 3.8) is 0 Å². The van der Waals surface area contributed by atoms with Crippen molar-refractivity contribution < 1.29 is 14.3 Å². The van der Waals surface area contributed by atoms with Crippen molar-refractivity contribution in [3.8, 4) is 28.0 Å². The number of aryl methyl sites for hydroxylation is 1. The highest BCUT2D eigenvalue weighted by molar-refractivity contribution is 6.09. The van der Waals surface area contributed by atoms with Crippen LogP contribution in [0.15, 0.2) is 79.3 Å². The molecule has 7 rings (SSSR count). The minimum Gasteiger partial charge on any atom is -0.490 e.